The summed E-state index contributed by atoms with van der Waals surface area (Å²) in [5.74, 6) is -0.165. The van der Waals surface area contributed by atoms with Crippen LogP contribution in [0, 0.1) is 5.82 Å². The molecule has 1 amide bonds. The van der Waals surface area contributed by atoms with Gasteiger partial charge in [0.15, 0.2) is 11.6 Å². The maximum absolute atomic E-state index is 13.3. The molecule has 114 valence electrons. The number of amides is 1. The van der Waals surface area contributed by atoms with Crippen molar-refractivity contribution in [2.75, 3.05) is 20.2 Å². The molecule has 0 saturated heterocycles. The van der Waals surface area contributed by atoms with Crippen molar-refractivity contribution < 1.29 is 13.9 Å². The highest BCUT2D eigenvalue weighted by Crippen LogP contribution is 2.15. The van der Waals surface area contributed by atoms with Gasteiger partial charge in [-0.15, -0.1) is 12.4 Å². The maximum Gasteiger partial charge on any atom is 0.222 e. The van der Waals surface area contributed by atoms with Crippen LogP contribution in [-0.2, 0) is 4.79 Å². The van der Waals surface area contributed by atoms with Crippen molar-refractivity contribution >= 4 is 18.3 Å². The highest BCUT2D eigenvalue weighted by Gasteiger charge is 2.10. The zero-order valence-electron chi connectivity index (χ0n) is 11.8. The molecule has 20 heavy (non-hydrogen) atoms. The molecule has 0 aliphatic heterocycles. The van der Waals surface area contributed by atoms with Crippen LogP contribution in [0.2, 0.25) is 0 Å². The molecule has 0 bridgehead atoms. The second kappa shape index (κ2) is 9.55. The lowest BCUT2D eigenvalue weighted by molar-refractivity contribution is -0.130. The maximum atomic E-state index is 13.3. The predicted molar refractivity (Wildman–Crippen MR) is 79.7 cm³/mol. The van der Waals surface area contributed by atoms with Crippen molar-refractivity contribution in [2.24, 2.45) is 5.73 Å². The number of benzene rings is 1. The van der Waals surface area contributed by atoms with Gasteiger partial charge in [0.2, 0.25) is 5.91 Å². The van der Waals surface area contributed by atoms with Gasteiger partial charge in [0.25, 0.3) is 0 Å². The monoisotopic (exact) mass is 304 g/mol. The van der Waals surface area contributed by atoms with E-state index in [2.05, 4.69) is 0 Å². The van der Waals surface area contributed by atoms with Crippen LogP contribution in [-0.4, -0.2) is 37.0 Å². The second-order valence-corrected chi connectivity index (χ2v) is 4.61. The van der Waals surface area contributed by atoms with Gasteiger partial charge in [0.1, 0.15) is 6.61 Å². The highest BCUT2D eigenvalue weighted by atomic mass is 35.5. The Balaban J connectivity index is 0.00000361. The molecule has 1 unspecified atom stereocenters. The fraction of sp³-hybridized carbons (Fsp3) is 0.500. The summed E-state index contributed by atoms with van der Waals surface area (Å²) in [5.41, 5.74) is 5.60. The van der Waals surface area contributed by atoms with Crippen LogP contribution in [0.4, 0.5) is 4.39 Å². The topological polar surface area (TPSA) is 55.6 Å². The average Bonchev–Trinajstić information content (AvgIpc) is 2.38. The fourth-order valence-electron chi connectivity index (χ4n) is 1.52. The van der Waals surface area contributed by atoms with Crippen LogP contribution < -0.4 is 10.5 Å². The van der Waals surface area contributed by atoms with Gasteiger partial charge in [-0.05, 0) is 25.5 Å². The summed E-state index contributed by atoms with van der Waals surface area (Å²) in [6.45, 7) is 2.56. The number of halogens is 2. The number of para-hydroxylation sites is 1. The lowest BCUT2D eigenvalue weighted by atomic mass is 10.2. The number of nitrogens with zero attached hydrogens (tertiary/aromatic N) is 1. The highest BCUT2D eigenvalue weighted by molar-refractivity contribution is 5.85. The van der Waals surface area contributed by atoms with E-state index >= 15 is 0 Å². The van der Waals surface area contributed by atoms with E-state index in [-0.39, 0.29) is 36.7 Å². The van der Waals surface area contributed by atoms with Crippen LogP contribution in [0.25, 0.3) is 0 Å². The third kappa shape index (κ3) is 6.73. The Morgan fingerprint density at radius 2 is 2.10 bits per heavy atom. The Kier molecular flexibility index (Phi) is 8.92. The summed E-state index contributed by atoms with van der Waals surface area (Å²) in [6, 6.07) is 6.23. The zero-order valence-corrected chi connectivity index (χ0v) is 12.7. The van der Waals surface area contributed by atoms with Gasteiger partial charge in [-0.3, -0.25) is 4.79 Å². The molecule has 1 rings (SSSR count). The van der Waals surface area contributed by atoms with Gasteiger partial charge in [0.05, 0.1) is 6.54 Å². The van der Waals surface area contributed by atoms with Crippen LogP contribution in [0.3, 0.4) is 0 Å². The van der Waals surface area contributed by atoms with E-state index in [1.165, 1.54) is 6.07 Å². The number of nitrogens with two attached hydrogens (primary N) is 1. The van der Waals surface area contributed by atoms with Crippen LogP contribution >= 0.6 is 12.4 Å². The van der Waals surface area contributed by atoms with Gasteiger partial charge in [0, 0.05) is 19.5 Å². The molecule has 0 heterocycles. The number of hydrogen-bond acceptors (Lipinski definition) is 3. The van der Waals surface area contributed by atoms with Gasteiger partial charge in [-0.2, -0.15) is 0 Å². The van der Waals surface area contributed by atoms with Crippen molar-refractivity contribution in [2.45, 2.75) is 25.8 Å². The zero-order chi connectivity index (χ0) is 14.3. The van der Waals surface area contributed by atoms with Gasteiger partial charge in [-0.1, -0.05) is 12.1 Å². The normalized spacial score (nSPS) is 11.4. The molecular formula is C14H22ClFN2O2. The standard InChI is InChI=1S/C14H21FN2O2.ClH/c1-11(16)7-8-14(18)17(2)9-10-19-13-6-4-3-5-12(13)15;/h3-6,11H,7-10,16H2,1-2H3;1H. The van der Waals surface area contributed by atoms with E-state index in [0.717, 1.165) is 0 Å². The molecule has 0 radical (unpaired) electrons. The molecule has 2 N–H and O–H groups in total. The molecule has 0 aliphatic carbocycles. The molecule has 0 aliphatic rings. The van der Waals surface area contributed by atoms with Gasteiger partial charge >= 0.3 is 0 Å². The van der Waals surface area contributed by atoms with Crippen LogP contribution in [0.15, 0.2) is 24.3 Å². The molecule has 0 spiro atoms. The first-order valence-electron chi connectivity index (χ1n) is 6.37. The minimum Gasteiger partial charge on any atom is -0.489 e. The summed E-state index contributed by atoms with van der Waals surface area (Å²) >= 11 is 0. The molecule has 6 heteroatoms. The smallest absolute Gasteiger partial charge is 0.222 e. The Morgan fingerprint density at radius 1 is 1.45 bits per heavy atom. The van der Waals surface area contributed by atoms with E-state index in [4.69, 9.17) is 10.5 Å². The first-order chi connectivity index (χ1) is 9.00. The van der Waals surface area contributed by atoms with Crippen molar-refractivity contribution in [3.63, 3.8) is 0 Å². The van der Waals surface area contributed by atoms with Crippen LogP contribution in [0.1, 0.15) is 19.8 Å². The van der Waals surface area contributed by atoms with E-state index < -0.39 is 5.82 Å². The molecule has 1 aromatic carbocycles. The van der Waals surface area contributed by atoms with Crippen molar-refractivity contribution in [1.29, 1.82) is 0 Å². The Hall–Kier alpha value is -1.33. The van der Waals surface area contributed by atoms with E-state index in [0.29, 0.717) is 19.4 Å². The third-order valence-corrected chi connectivity index (χ3v) is 2.76. The van der Waals surface area contributed by atoms with E-state index in [9.17, 15) is 9.18 Å². The summed E-state index contributed by atoms with van der Waals surface area (Å²) in [6.07, 6.45) is 1.09. The van der Waals surface area contributed by atoms with Crippen molar-refractivity contribution in [3.05, 3.63) is 30.1 Å². The van der Waals surface area contributed by atoms with E-state index in [1.54, 1.807) is 30.1 Å². The molecular weight excluding hydrogens is 283 g/mol. The molecule has 0 fully saturated rings. The van der Waals surface area contributed by atoms with Gasteiger partial charge in [-0.25, -0.2) is 4.39 Å². The Bertz CT molecular complexity index is 416. The first-order valence-corrected chi connectivity index (χ1v) is 6.37. The number of carbonyl (C=O) groups is 1. The SMILES string of the molecule is CC(N)CCC(=O)N(C)CCOc1ccccc1F.Cl. The molecule has 0 saturated carbocycles. The second-order valence-electron chi connectivity index (χ2n) is 4.61. The third-order valence-electron chi connectivity index (χ3n) is 2.76. The molecule has 1 atom stereocenters. The van der Waals surface area contributed by atoms with Gasteiger partial charge < -0.3 is 15.4 Å². The fourth-order valence-corrected chi connectivity index (χ4v) is 1.52. The largest absolute Gasteiger partial charge is 0.489 e. The molecule has 1 aromatic rings. The van der Waals surface area contributed by atoms with Crippen molar-refractivity contribution in [1.82, 2.24) is 4.90 Å². The van der Waals surface area contributed by atoms with E-state index in [1.807, 2.05) is 6.92 Å². The number of ether oxygens (including phenoxy) is 1. The lowest BCUT2D eigenvalue weighted by Crippen LogP contribution is -2.31. The Morgan fingerprint density at radius 3 is 2.70 bits per heavy atom. The van der Waals surface area contributed by atoms with Crippen molar-refractivity contribution in [3.8, 4) is 5.75 Å². The average molecular weight is 305 g/mol. The summed E-state index contributed by atoms with van der Waals surface area (Å²) in [7, 11) is 1.70. The molecule has 0 aromatic heterocycles. The first kappa shape index (κ1) is 18.7. The number of hydrogen-bond donors (Lipinski definition) is 1. The minimum absolute atomic E-state index is 0. The number of carbonyl (C=O) groups excluding carboxylic acids is 1. The minimum atomic E-state index is -0.395. The van der Waals surface area contributed by atoms with Crippen LogP contribution in [0.5, 0.6) is 5.75 Å². The molecule has 4 nitrogen and oxygen atoms in total. The number of likely N-dealkylation sites (N-methyl/N-ethyl adjacent to an activating group) is 1. The summed E-state index contributed by atoms with van der Waals surface area (Å²) in [4.78, 5) is 13.3. The predicted octanol–water partition coefficient (Wildman–Crippen LogP) is 2.21. The lowest BCUT2D eigenvalue weighted by Gasteiger charge is -2.18. The summed E-state index contributed by atoms with van der Waals surface area (Å²) in [5, 5.41) is 0. The number of rotatable bonds is 7. The quantitative estimate of drug-likeness (QED) is 0.840. The summed E-state index contributed by atoms with van der Waals surface area (Å²) < 4.78 is 18.6. The Labute approximate surface area is 125 Å².